The van der Waals surface area contributed by atoms with E-state index < -0.39 is 5.97 Å². The van der Waals surface area contributed by atoms with Crippen LogP contribution in [-0.4, -0.2) is 23.3 Å². The summed E-state index contributed by atoms with van der Waals surface area (Å²) in [5, 5.41) is 9.92. The zero-order chi connectivity index (χ0) is 9.56. The van der Waals surface area contributed by atoms with E-state index in [1.54, 1.807) is 36.6 Å². The summed E-state index contributed by atoms with van der Waals surface area (Å²) >= 11 is 1.76. The average molecular weight is 282 g/mol. The molecule has 5 heteroatoms. The molecule has 0 aromatic carbocycles. The van der Waals surface area contributed by atoms with E-state index in [-0.39, 0.29) is 9.29 Å². The fraction of sp³-hybridized carbons (Fsp3) is 0.429. The Morgan fingerprint density at radius 3 is 2.67 bits per heavy atom. The van der Waals surface area contributed by atoms with Gasteiger partial charge in [0.15, 0.2) is 0 Å². The first kappa shape index (κ1) is 11.4. The molecule has 0 aliphatic carbocycles. The summed E-state index contributed by atoms with van der Waals surface area (Å²) in [5.41, 5.74) is 0.250. The SMILES string of the molecule is CCOC(=O)/C(=C/NC)C(=N)I. The van der Waals surface area contributed by atoms with Crippen molar-refractivity contribution in [2.45, 2.75) is 6.92 Å². The molecule has 0 fully saturated rings. The van der Waals surface area contributed by atoms with Gasteiger partial charge in [-0.3, -0.25) is 5.41 Å². The molecule has 0 unspecified atom stereocenters. The van der Waals surface area contributed by atoms with Gasteiger partial charge in [-0.05, 0) is 29.5 Å². The van der Waals surface area contributed by atoms with Crippen molar-refractivity contribution in [3.63, 3.8) is 0 Å². The molecule has 0 bridgehead atoms. The van der Waals surface area contributed by atoms with E-state index in [2.05, 4.69) is 5.32 Å². The molecule has 0 saturated heterocycles. The lowest BCUT2D eigenvalue weighted by Crippen LogP contribution is -2.14. The van der Waals surface area contributed by atoms with Gasteiger partial charge in [0.2, 0.25) is 0 Å². The number of carbonyl (C=O) groups is 1. The maximum atomic E-state index is 11.1. The minimum atomic E-state index is -0.466. The average Bonchev–Trinajstić information content (AvgIpc) is 1.99. The molecule has 0 atom stereocenters. The molecule has 0 spiro atoms. The summed E-state index contributed by atoms with van der Waals surface area (Å²) in [6, 6.07) is 0. The Bertz CT molecular complexity index is 213. The number of ether oxygens (including phenoxy) is 1. The van der Waals surface area contributed by atoms with Crippen LogP contribution in [0.15, 0.2) is 11.8 Å². The first-order chi connectivity index (χ1) is 5.63. The Morgan fingerprint density at radius 1 is 1.75 bits per heavy atom. The van der Waals surface area contributed by atoms with Crippen molar-refractivity contribution in [3.05, 3.63) is 11.8 Å². The van der Waals surface area contributed by atoms with Gasteiger partial charge in [0.1, 0.15) is 9.29 Å². The molecular weight excluding hydrogens is 271 g/mol. The highest BCUT2D eigenvalue weighted by Gasteiger charge is 2.12. The Balaban J connectivity index is 4.41. The number of rotatable bonds is 4. The van der Waals surface area contributed by atoms with Crippen molar-refractivity contribution in [3.8, 4) is 0 Å². The van der Waals surface area contributed by atoms with Gasteiger partial charge in [0, 0.05) is 13.2 Å². The van der Waals surface area contributed by atoms with Crippen LogP contribution in [0.2, 0.25) is 0 Å². The van der Waals surface area contributed by atoms with Crippen LogP contribution in [0.5, 0.6) is 0 Å². The smallest absolute Gasteiger partial charge is 0.342 e. The fourth-order valence-electron chi connectivity index (χ4n) is 0.565. The molecule has 0 aromatic heterocycles. The predicted molar refractivity (Wildman–Crippen MR) is 55.5 cm³/mol. The molecule has 12 heavy (non-hydrogen) atoms. The molecule has 0 saturated carbocycles. The van der Waals surface area contributed by atoms with Crippen LogP contribution in [0.25, 0.3) is 0 Å². The molecule has 0 aliphatic rings. The third-order valence-electron chi connectivity index (χ3n) is 1.02. The monoisotopic (exact) mass is 282 g/mol. The molecule has 0 amide bonds. The number of carbonyl (C=O) groups excluding carboxylic acids is 1. The van der Waals surface area contributed by atoms with Crippen LogP contribution in [0.3, 0.4) is 0 Å². The van der Waals surface area contributed by atoms with Gasteiger partial charge < -0.3 is 10.1 Å². The van der Waals surface area contributed by atoms with E-state index in [1.807, 2.05) is 0 Å². The topological polar surface area (TPSA) is 62.2 Å². The highest BCUT2D eigenvalue weighted by Crippen LogP contribution is 2.04. The first-order valence-corrected chi connectivity index (χ1v) is 4.50. The van der Waals surface area contributed by atoms with Crippen LogP contribution in [-0.2, 0) is 9.53 Å². The van der Waals surface area contributed by atoms with Gasteiger partial charge in [-0.2, -0.15) is 0 Å². The minimum absolute atomic E-state index is 0.167. The zero-order valence-electron chi connectivity index (χ0n) is 6.98. The van der Waals surface area contributed by atoms with Gasteiger partial charge in [0.25, 0.3) is 0 Å². The molecule has 0 heterocycles. The van der Waals surface area contributed by atoms with Crippen molar-refractivity contribution in [1.29, 1.82) is 5.41 Å². The molecule has 0 rings (SSSR count). The molecular formula is C7H11IN2O2. The van der Waals surface area contributed by atoms with Gasteiger partial charge >= 0.3 is 5.97 Å². The lowest BCUT2D eigenvalue weighted by molar-refractivity contribution is -0.137. The summed E-state index contributed by atoms with van der Waals surface area (Å²) in [4.78, 5) is 11.1. The summed E-state index contributed by atoms with van der Waals surface area (Å²) in [6.45, 7) is 2.05. The molecule has 4 nitrogen and oxygen atoms in total. The first-order valence-electron chi connectivity index (χ1n) is 3.42. The molecule has 0 aromatic rings. The fourth-order valence-corrected chi connectivity index (χ4v) is 0.941. The second kappa shape index (κ2) is 5.99. The summed E-state index contributed by atoms with van der Waals surface area (Å²) in [5.74, 6) is -0.466. The summed E-state index contributed by atoms with van der Waals surface area (Å²) in [7, 11) is 1.67. The quantitative estimate of drug-likeness (QED) is 0.351. The number of hydrogen-bond donors (Lipinski definition) is 2. The molecule has 2 N–H and O–H groups in total. The third-order valence-corrected chi connectivity index (χ3v) is 1.60. The number of hydrogen-bond acceptors (Lipinski definition) is 4. The highest BCUT2D eigenvalue weighted by atomic mass is 127. The van der Waals surface area contributed by atoms with Gasteiger partial charge in [-0.15, -0.1) is 0 Å². The lowest BCUT2D eigenvalue weighted by atomic mass is 10.3. The number of esters is 1. The maximum Gasteiger partial charge on any atom is 0.342 e. The van der Waals surface area contributed by atoms with E-state index in [4.69, 9.17) is 10.1 Å². The van der Waals surface area contributed by atoms with E-state index in [9.17, 15) is 4.79 Å². The second-order valence-corrected chi connectivity index (χ2v) is 2.96. The van der Waals surface area contributed by atoms with Crippen molar-refractivity contribution < 1.29 is 9.53 Å². The Hall–Kier alpha value is -0.590. The van der Waals surface area contributed by atoms with E-state index in [1.165, 1.54) is 6.20 Å². The Morgan fingerprint density at radius 2 is 2.33 bits per heavy atom. The zero-order valence-corrected chi connectivity index (χ0v) is 9.14. The van der Waals surface area contributed by atoms with Crippen molar-refractivity contribution in [2.75, 3.05) is 13.7 Å². The Kier molecular flexibility index (Phi) is 5.69. The van der Waals surface area contributed by atoms with Crippen molar-refractivity contribution >= 4 is 32.3 Å². The largest absolute Gasteiger partial charge is 0.462 e. The van der Waals surface area contributed by atoms with Gasteiger partial charge in [-0.1, -0.05) is 0 Å². The van der Waals surface area contributed by atoms with Gasteiger partial charge in [-0.25, -0.2) is 4.79 Å². The molecule has 0 aliphatic heterocycles. The molecule has 0 radical (unpaired) electrons. The van der Waals surface area contributed by atoms with E-state index in [0.29, 0.717) is 6.61 Å². The van der Waals surface area contributed by atoms with E-state index >= 15 is 0 Å². The maximum absolute atomic E-state index is 11.1. The van der Waals surface area contributed by atoms with Gasteiger partial charge in [0.05, 0.1) is 6.61 Å². The number of nitrogens with one attached hydrogen (secondary N) is 2. The summed E-state index contributed by atoms with van der Waals surface area (Å²) < 4.78 is 4.89. The molecule has 68 valence electrons. The van der Waals surface area contributed by atoms with Crippen LogP contribution in [0, 0.1) is 5.41 Å². The van der Waals surface area contributed by atoms with Crippen LogP contribution in [0.4, 0.5) is 0 Å². The van der Waals surface area contributed by atoms with Crippen molar-refractivity contribution in [2.24, 2.45) is 0 Å². The van der Waals surface area contributed by atoms with Crippen LogP contribution >= 0.6 is 22.6 Å². The highest BCUT2D eigenvalue weighted by molar-refractivity contribution is 14.1. The summed E-state index contributed by atoms with van der Waals surface area (Å²) in [6.07, 6.45) is 1.45. The predicted octanol–water partition coefficient (Wildman–Crippen LogP) is 1.07. The van der Waals surface area contributed by atoms with Crippen LogP contribution < -0.4 is 5.32 Å². The lowest BCUT2D eigenvalue weighted by Gasteiger charge is -2.03. The number of halogens is 1. The normalized spacial score (nSPS) is 10.8. The Labute approximate surface area is 85.0 Å². The standard InChI is InChI=1S/C7H11IN2O2/c1-3-12-7(11)5(4-10-2)6(8)9/h4,9-10H,3H2,1-2H3/b5-4+,9-6?. The van der Waals surface area contributed by atoms with E-state index in [0.717, 1.165) is 0 Å². The van der Waals surface area contributed by atoms with Crippen molar-refractivity contribution in [1.82, 2.24) is 5.32 Å². The van der Waals surface area contributed by atoms with Crippen LogP contribution in [0.1, 0.15) is 6.92 Å². The second-order valence-electron chi connectivity index (χ2n) is 1.88. The third kappa shape index (κ3) is 3.70. The minimum Gasteiger partial charge on any atom is -0.462 e.